The second-order valence-corrected chi connectivity index (χ2v) is 4.75. The Balaban J connectivity index is 2.46. The molecule has 0 saturated carbocycles. The molecule has 0 aromatic heterocycles. The molecule has 0 radical (unpaired) electrons. The van der Waals surface area contributed by atoms with Crippen molar-refractivity contribution in [2.24, 2.45) is 0 Å². The number of aliphatic hydroxyl groups excluding tert-OH is 1. The van der Waals surface area contributed by atoms with E-state index in [0.717, 1.165) is 0 Å². The molecule has 4 nitrogen and oxygen atoms in total. The Morgan fingerprint density at radius 1 is 1.50 bits per heavy atom. The number of benzene rings is 1. The number of fused-ring (bicyclic) bond motifs is 1. The van der Waals surface area contributed by atoms with Gasteiger partial charge in [0.2, 0.25) is 0 Å². The third-order valence-electron chi connectivity index (χ3n) is 3.65. The number of ether oxygens (including phenoxy) is 1. The van der Waals surface area contributed by atoms with Gasteiger partial charge in [0, 0.05) is 12.0 Å². The molecule has 2 rings (SSSR count). The predicted molar refractivity (Wildman–Crippen MR) is 66.8 cm³/mol. The Labute approximate surface area is 106 Å². The molecule has 2 unspecified atom stereocenters. The van der Waals surface area contributed by atoms with E-state index in [2.05, 4.69) is 0 Å². The molecule has 98 valence electrons. The van der Waals surface area contributed by atoms with E-state index in [1.807, 2.05) is 19.1 Å². The zero-order valence-electron chi connectivity index (χ0n) is 10.4. The summed E-state index contributed by atoms with van der Waals surface area (Å²) in [6.07, 6.45) is 0.584. The Morgan fingerprint density at radius 2 is 2.22 bits per heavy atom. The van der Waals surface area contributed by atoms with E-state index in [4.69, 9.17) is 4.74 Å². The van der Waals surface area contributed by atoms with Gasteiger partial charge in [-0.1, -0.05) is 25.1 Å². The van der Waals surface area contributed by atoms with E-state index in [0.29, 0.717) is 30.8 Å². The van der Waals surface area contributed by atoms with Crippen molar-refractivity contribution in [2.45, 2.75) is 37.7 Å². The van der Waals surface area contributed by atoms with Crippen molar-refractivity contribution in [1.82, 2.24) is 0 Å². The number of carboxylic acid groups (broad SMARTS) is 1. The molecule has 1 aliphatic rings. The Bertz CT molecular complexity index is 443. The highest BCUT2D eigenvalue weighted by molar-refractivity contribution is 5.83. The van der Waals surface area contributed by atoms with Crippen LogP contribution in [0.4, 0.5) is 0 Å². The fourth-order valence-electron chi connectivity index (χ4n) is 2.53. The van der Waals surface area contributed by atoms with Gasteiger partial charge in [-0.25, -0.2) is 0 Å². The average molecular weight is 250 g/mol. The predicted octanol–water partition coefficient (Wildman–Crippen LogP) is 1.95. The fourth-order valence-corrected chi connectivity index (χ4v) is 2.53. The minimum absolute atomic E-state index is 0.235. The standard InChI is InChI=1S/C14H18O4/c1-2-10(15)9-14(13(16)17)7-8-18-12-6-4-3-5-11(12)14/h3-6,10,15H,2,7-9H2,1H3,(H,16,17). The van der Waals surface area contributed by atoms with Crippen LogP contribution in [0, 0.1) is 0 Å². The summed E-state index contributed by atoms with van der Waals surface area (Å²) in [5, 5.41) is 19.5. The number of para-hydroxylation sites is 1. The molecule has 2 atom stereocenters. The minimum atomic E-state index is -1.02. The lowest BCUT2D eigenvalue weighted by Gasteiger charge is -2.36. The number of aliphatic carboxylic acids is 1. The first-order valence-electron chi connectivity index (χ1n) is 6.24. The largest absolute Gasteiger partial charge is 0.493 e. The highest BCUT2D eigenvalue weighted by atomic mass is 16.5. The average Bonchev–Trinajstić information content (AvgIpc) is 2.38. The van der Waals surface area contributed by atoms with Gasteiger partial charge in [0.15, 0.2) is 0 Å². The van der Waals surface area contributed by atoms with E-state index < -0.39 is 17.5 Å². The molecule has 0 spiro atoms. The third kappa shape index (κ3) is 2.08. The summed E-state index contributed by atoms with van der Waals surface area (Å²) in [6, 6.07) is 7.20. The molecule has 1 aromatic rings. The molecular formula is C14H18O4. The summed E-state index contributed by atoms with van der Waals surface area (Å²) in [4.78, 5) is 11.7. The molecule has 1 aromatic carbocycles. The Morgan fingerprint density at radius 3 is 2.89 bits per heavy atom. The second-order valence-electron chi connectivity index (χ2n) is 4.75. The number of carbonyl (C=O) groups is 1. The first kappa shape index (κ1) is 12.9. The van der Waals surface area contributed by atoms with Crippen molar-refractivity contribution in [3.63, 3.8) is 0 Å². The maximum Gasteiger partial charge on any atom is 0.314 e. The van der Waals surface area contributed by atoms with E-state index >= 15 is 0 Å². The zero-order valence-corrected chi connectivity index (χ0v) is 10.4. The van der Waals surface area contributed by atoms with E-state index in [1.165, 1.54) is 0 Å². The van der Waals surface area contributed by atoms with Crippen LogP contribution in [0.15, 0.2) is 24.3 Å². The van der Waals surface area contributed by atoms with Crippen LogP contribution in [0.2, 0.25) is 0 Å². The van der Waals surface area contributed by atoms with Crippen LogP contribution in [-0.2, 0) is 10.2 Å². The summed E-state index contributed by atoms with van der Waals surface area (Å²) in [5.41, 5.74) is -0.346. The molecule has 18 heavy (non-hydrogen) atoms. The van der Waals surface area contributed by atoms with Gasteiger partial charge < -0.3 is 14.9 Å². The first-order valence-corrected chi connectivity index (χ1v) is 6.24. The summed E-state index contributed by atoms with van der Waals surface area (Å²) in [7, 11) is 0. The number of carboxylic acids is 1. The van der Waals surface area contributed by atoms with Crippen molar-refractivity contribution in [1.29, 1.82) is 0 Å². The van der Waals surface area contributed by atoms with Crippen molar-refractivity contribution in [2.75, 3.05) is 6.61 Å². The molecule has 0 fully saturated rings. The second kappa shape index (κ2) is 4.98. The maximum absolute atomic E-state index is 11.7. The highest BCUT2D eigenvalue weighted by Crippen LogP contribution is 2.42. The number of hydrogen-bond acceptors (Lipinski definition) is 3. The van der Waals surface area contributed by atoms with Crippen molar-refractivity contribution < 1.29 is 19.7 Å². The molecule has 4 heteroatoms. The SMILES string of the molecule is CCC(O)CC1(C(=O)O)CCOc2ccccc21. The van der Waals surface area contributed by atoms with Crippen LogP contribution < -0.4 is 4.74 Å². The summed E-state index contributed by atoms with van der Waals surface area (Å²) < 4.78 is 5.50. The first-order chi connectivity index (χ1) is 8.60. The van der Waals surface area contributed by atoms with Crippen molar-refractivity contribution >= 4 is 5.97 Å². The molecule has 1 heterocycles. The van der Waals surface area contributed by atoms with Gasteiger partial charge in [-0.15, -0.1) is 0 Å². The highest BCUT2D eigenvalue weighted by Gasteiger charge is 2.45. The molecule has 0 aliphatic carbocycles. The molecule has 0 amide bonds. The molecule has 1 aliphatic heterocycles. The summed E-state index contributed by atoms with van der Waals surface area (Å²) in [5.74, 6) is -0.264. The molecule has 0 bridgehead atoms. The van der Waals surface area contributed by atoms with E-state index in [-0.39, 0.29) is 6.42 Å². The van der Waals surface area contributed by atoms with Gasteiger partial charge >= 0.3 is 5.97 Å². The Kier molecular flexibility index (Phi) is 3.57. The number of rotatable bonds is 4. The van der Waals surface area contributed by atoms with Crippen molar-refractivity contribution in [3.05, 3.63) is 29.8 Å². The lowest BCUT2D eigenvalue weighted by Crippen LogP contribution is -2.43. The lowest BCUT2D eigenvalue weighted by molar-refractivity contribution is -0.146. The number of aliphatic hydroxyl groups is 1. The lowest BCUT2D eigenvalue weighted by atomic mass is 9.72. The molecule has 0 saturated heterocycles. The smallest absolute Gasteiger partial charge is 0.314 e. The maximum atomic E-state index is 11.7. The van der Waals surface area contributed by atoms with E-state index in [9.17, 15) is 15.0 Å². The Hall–Kier alpha value is -1.55. The summed E-state index contributed by atoms with van der Waals surface area (Å²) in [6.45, 7) is 2.23. The zero-order chi connectivity index (χ0) is 13.2. The quantitative estimate of drug-likeness (QED) is 0.857. The monoisotopic (exact) mass is 250 g/mol. The van der Waals surface area contributed by atoms with Gasteiger partial charge in [-0.3, -0.25) is 4.79 Å². The van der Waals surface area contributed by atoms with Gasteiger partial charge in [0.1, 0.15) is 11.2 Å². The van der Waals surface area contributed by atoms with Crippen LogP contribution in [-0.4, -0.2) is 28.9 Å². The van der Waals surface area contributed by atoms with Crippen molar-refractivity contribution in [3.8, 4) is 5.75 Å². The van der Waals surface area contributed by atoms with Gasteiger partial charge in [0.25, 0.3) is 0 Å². The van der Waals surface area contributed by atoms with E-state index in [1.54, 1.807) is 12.1 Å². The van der Waals surface area contributed by atoms with Gasteiger partial charge in [0.05, 0.1) is 12.7 Å². The van der Waals surface area contributed by atoms with Crippen LogP contribution in [0.3, 0.4) is 0 Å². The minimum Gasteiger partial charge on any atom is -0.493 e. The van der Waals surface area contributed by atoms with Gasteiger partial charge in [-0.05, 0) is 18.9 Å². The molecular weight excluding hydrogens is 232 g/mol. The summed E-state index contributed by atoms with van der Waals surface area (Å²) >= 11 is 0. The number of hydrogen-bond donors (Lipinski definition) is 2. The van der Waals surface area contributed by atoms with Crippen LogP contribution >= 0.6 is 0 Å². The normalized spacial score (nSPS) is 23.9. The molecule has 2 N–H and O–H groups in total. The van der Waals surface area contributed by atoms with Crippen LogP contribution in [0.1, 0.15) is 31.7 Å². The third-order valence-corrected chi connectivity index (χ3v) is 3.65. The fraction of sp³-hybridized carbons (Fsp3) is 0.500. The van der Waals surface area contributed by atoms with Crippen LogP contribution in [0.25, 0.3) is 0 Å². The van der Waals surface area contributed by atoms with Crippen LogP contribution in [0.5, 0.6) is 5.75 Å². The topological polar surface area (TPSA) is 66.8 Å². The van der Waals surface area contributed by atoms with Gasteiger partial charge in [-0.2, -0.15) is 0 Å².